The van der Waals surface area contributed by atoms with Crippen molar-refractivity contribution in [3.8, 4) is 0 Å². The van der Waals surface area contributed by atoms with Gasteiger partial charge in [-0.25, -0.2) is 9.59 Å². The third kappa shape index (κ3) is 14.1. The molecule has 0 bridgehead atoms. The van der Waals surface area contributed by atoms with Crippen LogP contribution in [0.1, 0.15) is 116 Å². The highest BCUT2D eigenvalue weighted by Crippen LogP contribution is 2.42. The van der Waals surface area contributed by atoms with Crippen LogP contribution < -0.4 is 0 Å². The number of ether oxygens (including phenoxy) is 9. The lowest BCUT2D eigenvalue weighted by molar-refractivity contribution is -0.318. The largest absolute Gasteiger partial charge is 0.459 e. The van der Waals surface area contributed by atoms with Gasteiger partial charge in [0.25, 0.3) is 0 Å². The molecule has 17 nitrogen and oxygen atoms in total. The second-order valence-corrected chi connectivity index (χ2v) is 19.5. The number of Topliss-reactive ketones (excluding diaryl/α,β-unsaturated/α-hetero) is 2. The molecule has 1 N–H and O–H groups in total. The first kappa shape index (κ1) is 57.1. The van der Waals surface area contributed by atoms with Gasteiger partial charge in [-0.05, 0) is 99.2 Å². The number of likely N-dealkylation sites (N-methyl/N-ethyl adjacent to an activating group) is 1. The van der Waals surface area contributed by atoms with Gasteiger partial charge in [0.15, 0.2) is 42.5 Å². The number of aldehydes is 1. The van der Waals surface area contributed by atoms with Crippen LogP contribution in [0.4, 0.5) is 0 Å². The Balaban J connectivity index is 1.87. The van der Waals surface area contributed by atoms with E-state index in [9.17, 15) is 33.9 Å². The summed E-state index contributed by atoms with van der Waals surface area (Å²) in [5, 5.41) is 10.9. The molecule has 2 aromatic carbocycles. The van der Waals surface area contributed by atoms with E-state index in [0.717, 1.165) is 0 Å². The zero-order valence-electron chi connectivity index (χ0n) is 42.7. The average molecular weight is 970 g/mol. The minimum Gasteiger partial charge on any atom is -0.459 e. The number of esters is 3. The molecule has 17 heteroatoms. The number of aliphatic hydroxyl groups is 1. The number of hydrogen-bond acceptors (Lipinski definition) is 17. The molecule has 16 atom stereocenters. The van der Waals surface area contributed by atoms with E-state index in [-0.39, 0.29) is 19.3 Å². The van der Waals surface area contributed by atoms with Gasteiger partial charge < -0.3 is 52.6 Å². The van der Waals surface area contributed by atoms with Gasteiger partial charge in [-0.3, -0.25) is 19.2 Å². The number of methoxy groups -OCH3 is 2. The lowest BCUT2D eigenvalue weighted by atomic mass is 9.76. The lowest BCUT2D eigenvalue weighted by Gasteiger charge is -2.50. The van der Waals surface area contributed by atoms with Gasteiger partial charge in [0.2, 0.25) is 5.78 Å². The summed E-state index contributed by atoms with van der Waals surface area (Å²) >= 11 is 0. The van der Waals surface area contributed by atoms with Crippen LogP contribution in [0.15, 0.2) is 60.7 Å². The lowest BCUT2D eigenvalue weighted by Crippen LogP contribution is -2.61. The molecule has 4 rings (SSSR count). The topological polar surface area (TPSA) is 209 Å². The van der Waals surface area contributed by atoms with Crippen LogP contribution in [0.5, 0.6) is 0 Å². The Morgan fingerprint density at radius 2 is 1.46 bits per heavy atom. The molecule has 0 aromatic heterocycles. The summed E-state index contributed by atoms with van der Waals surface area (Å²) in [6, 6.07) is 16.6. The van der Waals surface area contributed by atoms with E-state index in [2.05, 4.69) is 0 Å². The number of nitrogens with zero attached hydrogens (tertiary/aromatic N) is 1. The molecule has 0 saturated carbocycles. The number of benzene rings is 2. The first-order valence-corrected chi connectivity index (χ1v) is 23.7. The predicted molar refractivity (Wildman–Crippen MR) is 252 cm³/mol. The van der Waals surface area contributed by atoms with Crippen LogP contribution in [0.2, 0.25) is 0 Å². The molecule has 2 aliphatic rings. The van der Waals surface area contributed by atoms with Gasteiger partial charge in [-0.2, -0.15) is 0 Å². The van der Waals surface area contributed by atoms with Crippen LogP contribution in [-0.2, 0) is 61.8 Å². The standard InChI is InChI=1S/C52H75NO16/c1-15-39(50(8,60)29-54)65-46(57)33(5)42(66-40-28-52(10,62-14)45(35(7)64-40)68-48(59)37-24-20-17-21-25-37)32(4)44(51(9,61-13)27-30(2)41(56)34(6)55)69-49-43(38(53(11)12)26-31(3)63-49)67-47(58)36-22-18-16-19-23-36/h16-25,29-33,35,38-40,42-45,49,60H,15,26-28H2,1-14H3/t30-,31-,32+,33-,35+,38+,39-,40+,42+,43-,44-,45+,49+,50+,51-,52-/m1/s1. The van der Waals surface area contributed by atoms with E-state index >= 15 is 0 Å². The minimum absolute atomic E-state index is 0.00844. The quantitative estimate of drug-likeness (QED) is 0.0558. The molecule has 384 valence electrons. The number of rotatable bonds is 24. The van der Waals surface area contributed by atoms with Gasteiger partial charge in [0, 0.05) is 39.4 Å². The number of hydrogen-bond donors (Lipinski definition) is 1. The highest BCUT2D eigenvalue weighted by atomic mass is 16.7. The third-order valence-electron chi connectivity index (χ3n) is 13.7. The second kappa shape index (κ2) is 24.6. The van der Waals surface area contributed by atoms with Crippen LogP contribution in [-0.4, -0.2) is 152 Å². The van der Waals surface area contributed by atoms with Gasteiger partial charge >= 0.3 is 17.9 Å². The Bertz CT molecular complexity index is 2030. The smallest absolute Gasteiger partial charge is 0.338 e. The van der Waals surface area contributed by atoms with Crippen molar-refractivity contribution >= 4 is 35.8 Å². The Morgan fingerprint density at radius 1 is 0.899 bits per heavy atom. The molecule has 0 amide bonds. The molecule has 0 spiro atoms. The Hall–Kier alpha value is -4.46. The first-order chi connectivity index (χ1) is 32.4. The monoisotopic (exact) mass is 970 g/mol. The SMILES string of the molecule is CC[C@@H](OC(=O)[C@H](C)[C@@H](O[C@H]1C[C@@](C)(OC)[C@@H](OC(=O)c2ccccc2)[C@H](C)O1)[C@H](C)[C@@H](O[C@@H]1O[C@H](C)C[C@H](N(C)C)[C@H]1OC(=O)c1ccccc1)[C@@](C)(C[C@@H](C)C(=O)C(C)=O)OC)[C@@](C)(O)C=O. The summed E-state index contributed by atoms with van der Waals surface area (Å²) in [5.74, 6) is -6.36. The Labute approximate surface area is 407 Å². The minimum atomic E-state index is -2.02. The zero-order valence-corrected chi connectivity index (χ0v) is 42.7. The fraction of sp³-hybridized carbons (Fsp3) is 0.654. The normalized spacial score (nSPS) is 28.3. The van der Waals surface area contributed by atoms with Crippen molar-refractivity contribution in [2.75, 3.05) is 28.3 Å². The summed E-state index contributed by atoms with van der Waals surface area (Å²) in [6.07, 6.45) is -8.46. The Morgan fingerprint density at radius 3 is 1.96 bits per heavy atom. The van der Waals surface area contributed by atoms with E-state index in [1.165, 1.54) is 28.1 Å². The van der Waals surface area contributed by atoms with Gasteiger partial charge in [0.1, 0.15) is 11.7 Å². The van der Waals surface area contributed by atoms with E-state index < -0.39 is 125 Å². The van der Waals surface area contributed by atoms with Gasteiger partial charge in [-0.1, -0.05) is 57.2 Å². The molecular weight excluding hydrogens is 895 g/mol. The molecule has 0 unspecified atom stereocenters. The van der Waals surface area contributed by atoms with Crippen molar-refractivity contribution in [2.24, 2.45) is 17.8 Å². The first-order valence-electron chi connectivity index (χ1n) is 23.7. The summed E-state index contributed by atoms with van der Waals surface area (Å²) < 4.78 is 57.6. The zero-order chi connectivity index (χ0) is 51.6. The van der Waals surface area contributed by atoms with Crippen molar-refractivity contribution in [1.29, 1.82) is 0 Å². The fourth-order valence-corrected chi connectivity index (χ4v) is 9.54. The highest BCUT2D eigenvalue weighted by molar-refractivity contribution is 6.36. The molecule has 2 aromatic rings. The summed E-state index contributed by atoms with van der Waals surface area (Å²) in [5.41, 5.74) is -4.05. The van der Waals surface area contributed by atoms with E-state index in [1.54, 1.807) is 109 Å². The van der Waals surface area contributed by atoms with Crippen LogP contribution in [0.3, 0.4) is 0 Å². The van der Waals surface area contributed by atoms with Gasteiger partial charge in [-0.15, -0.1) is 0 Å². The number of ketones is 2. The van der Waals surface area contributed by atoms with Crippen LogP contribution in [0.25, 0.3) is 0 Å². The third-order valence-corrected chi connectivity index (χ3v) is 13.7. The number of carbonyl (C=O) groups is 6. The summed E-state index contributed by atoms with van der Waals surface area (Å²) in [7, 11) is 6.62. The van der Waals surface area contributed by atoms with Gasteiger partial charge in [0.05, 0.1) is 53.1 Å². The number of carbonyl (C=O) groups excluding carboxylic acids is 6. The second-order valence-electron chi connectivity index (χ2n) is 19.5. The average Bonchev–Trinajstić information content (AvgIpc) is 3.32. The van der Waals surface area contributed by atoms with Crippen LogP contribution >= 0.6 is 0 Å². The molecule has 0 radical (unpaired) electrons. The summed E-state index contributed by atoms with van der Waals surface area (Å²) in [4.78, 5) is 81.3. The van der Waals surface area contributed by atoms with Crippen molar-refractivity contribution in [2.45, 2.75) is 173 Å². The van der Waals surface area contributed by atoms with Crippen LogP contribution in [0, 0.1) is 17.8 Å². The maximum absolute atomic E-state index is 14.5. The highest BCUT2D eigenvalue weighted by Gasteiger charge is 2.54. The maximum Gasteiger partial charge on any atom is 0.338 e. The molecule has 0 aliphatic carbocycles. The van der Waals surface area contributed by atoms with Crippen molar-refractivity contribution in [3.05, 3.63) is 71.8 Å². The predicted octanol–water partition coefficient (Wildman–Crippen LogP) is 5.95. The molecule has 2 saturated heterocycles. The fourth-order valence-electron chi connectivity index (χ4n) is 9.54. The van der Waals surface area contributed by atoms with E-state index in [4.69, 9.17) is 42.6 Å². The molecule has 2 aliphatic heterocycles. The van der Waals surface area contributed by atoms with Crippen molar-refractivity contribution in [1.82, 2.24) is 4.90 Å². The maximum atomic E-state index is 14.5. The van der Waals surface area contributed by atoms with Crippen molar-refractivity contribution in [3.63, 3.8) is 0 Å². The summed E-state index contributed by atoms with van der Waals surface area (Å²) in [6.45, 7) is 16.1. The van der Waals surface area contributed by atoms with E-state index in [1.807, 2.05) is 25.9 Å². The molecular formula is C52H75NO16. The Kier molecular flexibility index (Phi) is 20.4. The van der Waals surface area contributed by atoms with Crippen molar-refractivity contribution < 1.29 is 76.5 Å². The molecule has 2 fully saturated rings. The molecule has 2 heterocycles. The molecule has 69 heavy (non-hydrogen) atoms. The van der Waals surface area contributed by atoms with E-state index in [0.29, 0.717) is 23.8 Å².